The van der Waals surface area contributed by atoms with Gasteiger partial charge in [0.25, 0.3) is 11.6 Å². The van der Waals surface area contributed by atoms with Crippen molar-refractivity contribution in [2.24, 2.45) is 0 Å². The Morgan fingerprint density at radius 3 is 2.48 bits per heavy atom. The summed E-state index contributed by atoms with van der Waals surface area (Å²) in [5.41, 5.74) is 2.62. The number of halogens is 1. The number of rotatable bonds is 3. The van der Waals surface area contributed by atoms with Gasteiger partial charge < -0.3 is 5.32 Å². The van der Waals surface area contributed by atoms with Crippen LogP contribution in [0.2, 0.25) is 0 Å². The molecule has 0 atom stereocenters. The highest BCUT2D eigenvalue weighted by atomic mass is 79.9. The third-order valence-corrected chi connectivity index (χ3v) is 3.61. The van der Waals surface area contributed by atoms with Crippen LogP contribution in [-0.4, -0.2) is 10.8 Å². The number of nitro groups is 1. The first-order chi connectivity index (χ1) is 9.88. The van der Waals surface area contributed by atoms with Gasteiger partial charge in [-0.1, -0.05) is 22.0 Å². The van der Waals surface area contributed by atoms with Crippen molar-refractivity contribution < 1.29 is 9.72 Å². The lowest BCUT2D eigenvalue weighted by Crippen LogP contribution is -2.14. The molecule has 2 aromatic carbocycles. The Morgan fingerprint density at radius 2 is 1.86 bits per heavy atom. The number of non-ortho nitro benzene ring substituents is 1. The molecular formula is C15H13BrN2O3. The maximum absolute atomic E-state index is 12.3. The number of carbonyl (C=O) groups is 1. The molecule has 0 aliphatic rings. The van der Waals surface area contributed by atoms with Crippen molar-refractivity contribution in [1.29, 1.82) is 0 Å². The summed E-state index contributed by atoms with van der Waals surface area (Å²) in [6.45, 7) is 3.57. The van der Waals surface area contributed by atoms with Crippen LogP contribution in [0.25, 0.3) is 0 Å². The van der Waals surface area contributed by atoms with Gasteiger partial charge in [-0.25, -0.2) is 0 Å². The van der Waals surface area contributed by atoms with Crippen molar-refractivity contribution in [2.45, 2.75) is 13.8 Å². The Balaban J connectivity index is 2.27. The number of amides is 1. The Kier molecular flexibility index (Phi) is 4.37. The van der Waals surface area contributed by atoms with E-state index in [1.54, 1.807) is 19.1 Å². The summed E-state index contributed by atoms with van der Waals surface area (Å²) in [6, 6.07) is 9.80. The fourth-order valence-electron chi connectivity index (χ4n) is 1.93. The molecule has 0 aromatic heterocycles. The molecule has 0 aliphatic heterocycles. The molecule has 6 heteroatoms. The molecule has 0 saturated heterocycles. The van der Waals surface area contributed by atoms with Crippen molar-refractivity contribution in [3.05, 3.63) is 67.7 Å². The Morgan fingerprint density at radius 1 is 1.14 bits per heavy atom. The number of nitrogens with zero attached hydrogens (tertiary/aromatic N) is 1. The van der Waals surface area contributed by atoms with Crippen LogP contribution in [0.1, 0.15) is 21.5 Å². The fourth-order valence-corrected chi connectivity index (χ4v) is 2.29. The van der Waals surface area contributed by atoms with Gasteiger partial charge in [-0.2, -0.15) is 0 Å². The van der Waals surface area contributed by atoms with Crippen LogP contribution in [0.3, 0.4) is 0 Å². The van der Waals surface area contributed by atoms with Crippen molar-refractivity contribution >= 4 is 33.2 Å². The molecule has 0 radical (unpaired) electrons. The van der Waals surface area contributed by atoms with Gasteiger partial charge in [0.2, 0.25) is 0 Å². The van der Waals surface area contributed by atoms with Crippen molar-refractivity contribution in [2.75, 3.05) is 5.32 Å². The van der Waals surface area contributed by atoms with E-state index in [2.05, 4.69) is 21.2 Å². The molecule has 108 valence electrons. The van der Waals surface area contributed by atoms with Crippen molar-refractivity contribution in [1.82, 2.24) is 0 Å². The molecule has 0 saturated carbocycles. The predicted molar refractivity (Wildman–Crippen MR) is 84.7 cm³/mol. The highest BCUT2D eigenvalue weighted by Gasteiger charge is 2.13. The number of nitrogens with one attached hydrogen (secondary N) is 1. The second kappa shape index (κ2) is 6.05. The molecule has 1 amide bonds. The average Bonchev–Trinajstić information content (AvgIpc) is 2.43. The second-order valence-electron chi connectivity index (χ2n) is 4.67. The molecule has 5 nitrogen and oxygen atoms in total. The second-order valence-corrected chi connectivity index (χ2v) is 5.59. The summed E-state index contributed by atoms with van der Waals surface area (Å²) in [6.07, 6.45) is 0. The molecule has 0 unspecified atom stereocenters. The van der Waals surface area contributed by atoms with Crippen LogP contribution >= 0.6 is 15.9 Å². The van der Waals surface area contributed by atoms with Crippen LogP contribution in [0, 0.1) is 24.0 Å². The Labute approximate surface area is 130 Å². The van der Waals surface area contributed by atoms with Gasteiger partial charge in [-0.15, -0.1) is 0 Å². The van der Waals surface area contributed by atoms with E-state index in [9.17, 15) is 14.9 Å². The fraction of sp³-hybridized carbons (Fsp3) is 0.133. The summed E-state index contributed by atoms with van der Waals surface area (Å²) in [7, 11) is 0. The van der Waals surface area contributed by atoms with E-state index in [4.69, 9.17) is 0 Å². The molecule has 0 heterocycles. The minimum absolute atomic E-state index is 0.00383. The third-order valence-electron chi connectivity index (χ3n) is 3.11. The molecule has 0 bridgehead atoms. The first-order valence-electron chi connectivity index (χ1n) is 6.21. The summed E-state index contributed by atoms with van der Waals surface area (Å²) in [4.78, 5) is 22.5. The number of hydrogen-bond acceptors (Lipinski definition) is 3. The largest absolute Gasteiger partial charge is 0.322 e. The first-order valence-corrected chi connectivity index (χ1v) is 7.00. The maximum atomic E-state index is 12.3. The molecule has 0 aliphatic carbocycles. The standard InChI is InChI=1S/C15H13BrN2O3/c1-9-3-4-11(16)8-13(9)15(19)17-14-6-5-12(18(20)21)7-10(14)2/h3-8H,1-2H3,(H,17,19). The SMILES string of the molecule is Cc1cc([N+](=O)[O-])ccc1NC(=O)c1cc(Br)ccc1C. The van der Waals surface area contributed by atoms with Crippen LogP contribution in [0.4, 0.5) is 11.4 Å². The average molecular weight is 349 g/mol. The van der Waals surface area contributed by atoms with E-state index in [-0.39, 0.29) is 11.6 Å². The predicted octanol–water partition coefficient (Wildman–Crippen LogP) is 4.23. The van der Waals surface area contributed by atoms with E-state index >= 15 is 0 Å². The van der Waals surface area contributed by atoms with E-state index in [0.29, 0.717) is 16.8 Å². The quantitative estimate of drug-likeness (QED) is 0.666. The summed E-state index contributed by atoms with van der Waals surface area (Å²) >= 11 is 3.34. The van der Waals surface area contributed by atoms with Gasteiger partial charge in [-0.3, -0.25) is 14.9 Å². The number of nitro benzene ring substituents is 1. The molecule has 0 spiro atoms. The van der Waals surface area contributed by atoms with Crippen LogP contribution in [0.5, 0.6) is 0 Å². The number of anilines is 1. The van der Waals surface area contributed by atoms with E-state index < -0.39 is 4.92 Å². The molecule has 2 aromatic rings. The minimum atomic E-state index is -0.461. The van der Waals surface area contributed by atoms with Gasteiger partial charge in [0, 0.05) is 27.9 Å². The minimum Gasteiger partial charge on any atom is -0.322 e. The summed E-state index contributed by atoms with van der Waals surface area (Å²) < 4.78 is 0.818. The molecule has 2 rings (SSSR count). The van der Waals surface area contributed by atoms with E-state index in [1.807, 2.05) is 19.1 Å². The van der Waals surface area contributed by atoms with Gasteiger partial charge in [-0.05, 0) is 43.2 Å². The molecular weight excluding hydrogens is 336 g/mol. The zero-order valence-electron chi connectivity index (χ0n) is 11.5. The Hall–Kier alpha value is -2.21. The van der Waals surface area contributed by atoms with Gasteiger partial charge in [0.05, 0.1) is 4.92 Å². The summed E-state index contributed by atoms with van der Waals surface area (Å²) in [5.74, 6) is -0.245. The van der Waals surface area contributed by atoms with Gasteiger partial charge >= 0.3 is 0 Å². The third kappa shape index (κ3) is 3.46. The zero-order valence-corrected chi connectivity index (χ0v) is 13.1. The molecule has 1 N–H and O–H groups in total. The lowest BCUT2D eigenvalue weighted by Gasteiger charge is -2.10. The van der Waals surface area contributed by atoms with Crippen molar-refractivity contribution in [3.63, 3.8) is 0 Å². The zero-order chi connectivity index (χ0) is 15.6. The first kappa shape index (κ1) is 15.2. The number of carbonyl (C=O) groups excluding carboxylic acids is 1. The normalized spacial score (nSPS) is 10.2. The summed E-state index contributed by atoms with van der Waals surface area (Å²) in [5, 5.41) is 13.5. The number of benzene rings is 2. The van der Waals surface area contributed by atoms with Gasteiger partial charge in [0.15, 0.2) is 0 Å². The van der Waals surface area contributed by atoms with E-state index in [1.165, 1.54) is 12.1 Å². The smallest absolute Gasteiger partial charge is 0.269 e. The maximum Gasteiger partial charge on any atom is 0.269 e. The molecule has 21 heavy (non-hydrogen) atoms. The Bertz CT molecular complexity index is 729. The van der Waals surface area contributed by atoms with Crippen LogP contribution < -0.4 is 5.32 Å². The van der Waals surface area contributed by atoms with Crippen LogP contribution in [-0.2, 0) is 0 Å². The van der Waals surface area contributed by atoms with E-state index in [0.717, 1.165) is 10.0 Å². The van der Waals surface area contributed by atoms with Crippen LogP contribution in [0.15, 0.2) is 40.9 Å². The van der Waals surface area contributed by atoms with Gasteiger partial charge in [0.1, 0.15) is 0 Å². The lowest BCUT2D eigenvalue weighted by atomic mass is 10.1. The monoisotopic (exact) mass is 348 g/mol. The lowest BCUT2D eigenvalue weighted by molar-refractivity contribution is -0.384. The number of hydrogen-bond donors (Lipinski definition) is 1. The topological polar surface area (TPSA) is 72.2 Å². The van der Waals surface area contributed by atoms with Crippen molar-refractivity contribution in [3.8, 4) is 0 Å². The molecule has 0 fully saturated rings. The number of aryl methyl sites for hydroxylation is 2. The highest BCUT2D eigenvalue weighted by molar-refractivity contribution is 9.10. The highest BCUT2D eigenvalue weighted by Crippen LogP contribution is 2.23.